The van der Waals surface area contributed by atoms with Gasteiger partial charge in [0.05, 0.1) is 22.7 Å². The fraction of sp³-hybridized carbons (Fsp3) is 0.350. The third-order valence-electron chi connectivity index (χ3n) is 4.53. The topological polar surface area (TPSA) is 69.7 Å². The van der Waals surface area contributed by atoms with Crippen LogP contribution in [0.15, 0.2) is 35.7 Å². The molecule has 1 aliphatic heterocycles. The maximum Gasteiger partial charge on any atom is 0.264 e. The van der Waals surface area contributed by atoms with Crippen LogP contribution in [0.5, 0.6) is 0 Å². The molecule has 0 atom stereocenters. The van der Waals surface area contributed by atoms with E-state index in [0.29, 0.717) is 29.2 Å². The predicted octanol–water partition coefficient (Wildman–Crippen LogP) is 2.96. The Bertz CT molecular complexity index is 862. The molecule has 1 saturated heterocycles. The number of nitrogens with zero attached hydrogens (tertiary/aromatic N) is 2. The van der Waals surface area contributed by atoms with Gasteiger partial charge in [-0.1, -0.05) is 18.2 Å². The zero-order valence-electron chi connectivity index (χ0n) is 15.9. The summed E-state index contributed by atoms with van der Waals surface area (Å²) in [4.78, 5) is 41.6. The molecule has 1 aliphatic rings. The Balaban J connectivity index is 1.71. The van der Waals surface area contributed by atoms with Crippen molar-refractivity contribution < 1.29 is 14.4 Å². The average Bonchev–Trinajstić information content (AvgIpc) is 3.23. The second-order valence-electron chi connectivity index (χ2n) is 6.59. The predicted molar refractivity (Wildman–Crippen MR) is 114 cm³/mol. The number of rotatable bonds is 5. The van der Waals surface area contributed by atoms with Crippen molar-refractivity contribution in [3.63, 3.8) is 0 Å². The van der Waals surface area contributed by atoms with Crippen molar-refractivity contribution >= 4 is 46.5 Å². The van der Waals surface area contributed by atoms with Crippen LogP contribution in [0.2, 0.25) is 0 Å². The first-order valence-electron chi connectivity index (χ1n) is 9.03. The third kappa shape index (κ3) is 4.74. The van der Waals surface area contributed by atoms with E-state index in [0.717, 1.165) is 17.1 Å². The van der Waals surface area contributed by atoms with Crippen LogP contribution in [0.4, 0.5) is 5.69 Å². The highest BCUT2D eigenvalue weighted by Crippen LogP contribution is 2.24. The first kappa shape index (κ1) is 20.4. The maximum atomic E-state index is 12.9. The quantitative estimate of drug-likeness (QED) is 0.812. The van der Waals surface area contributed by atoms with E-state index in [2.05, 4.69) is 5.32 Å². The highest BCUT2D eigenvalue weighted by molar-refractivity contribution is 7.99. The molecule has 2 heterocycles. The van der Waals surface area contributed by atoms with Crippen molar-refractivity contribution in [2.24, 2.45) is 0 Å². The number of amides is 3. The molecule has 0 radical (unpaired) electrons. The molecule has 0 aliphatic carbocycles. The zero-order valence-corrected chi connectivity index (χ0v) is 17.6. The lowest BCUT2D eigenvalue weighted by atomic mass is 10.1. The zero-order chi connectivity index (χ0) is 20.1. The normalized spacial score (nSPS) is 13.9. The van der Waals surface area contributed by atoms with Gasteiger partial charge in [-0.2, -0.15) is 11.8 Å². The molecule has 1 N–H and O–H groups in total. The Morgan fingerprint density at radius 2 is 1.89 bits per heavy atom. The molecule has 0 saturated carbocycles. The summed E-state index contributed by atoms with van der Waals surface area (Å²) in [6.07, 6.45) is 0. The van der Waals surface area contributed by atoms with Gasteiger partial charge in [0.25, 0.3) is 11.8 Å². The minimum absolute atomic E-state index is 0.0673. The average molecular weight is 418 g/mol. The lowest BCUT2D eigenvalue weighted by molar-refractivity contribution is -0.116. The Morgan fingerprint density at radius 1 is 1.14 bits per heavy atom. The summed E-state index contributed by atoms with van der Waals surface area (Å²) < 4.78 is 0. The number of hydrogen-bond donors (Lipinski definition) is 1. The smallest absolute Gasteiger partial charge is 0.264 e. The Hall–Kier alpha value is -2.32. The summed E-state index contributed by atoms with van der Waals surface area (Å²) in [6, 6.07) is 8.96. The van der Waals surface area contributed by atoms with Gasteiger partial charge in [-0.3, -0.25) is 14.4 Å². The minimum Gasteiger partial charge on any atom is -0.337 e. The number of nitrogens with one attached hydrogen (secondary N) is 1. The molecule has 28 heavy (non-hydrogen) atoms. The van der Waals surface area contributed by atoms with Gasteiger partial charge in [0, 0.05) is 31.6 Å². The lowest BCUT2D eigenvalue weighted by Crippen LogP contribution is -2.39. The number of anilines is 1. The van der Waals surface area contributed by atoms with Crippen molar-refractivity contribution in [3.8, 4) is 0 Å². The summed E-state index contributed by atoms with van der Waals surface area (Å²) in [6.45, 7) is 3.20. The van der Waals surface area contributed by atoms with Crippen molar-refractivity contribution in [3.05, 3.63) is 51.7 Å². The molecule has 148 valence electrons. The number of likely N-dealkylation sites (N-methyl/N-ethyl adjacent to an activating group) is 1. The van der Waals surface area contributed by atoms with E-state index >= 15 is 0 Å². The second kappa shape index (κ2) is 9.25. The molecular weight excluding hydrogens is 394 g/mol. The Labute approximate surface area is 172 Å². The fourth-order valence-corrected chi connectivity index (χ4v) is 4.62. The van der Waals surface area contributed by atoms with Crippen molar-refractivity contribution in [1.29, 1.82) is 0 Å². The van der Waals surface area contributed by atoms with Crippen molar-refractivity contribution in [1.82, 2.24) is 9.80 Å². The number of hydrogen-bond acceptors (Lipinski definition) is 5. The first-order valence-corrected chi connectivity index (χ1v) is 11.1. The van der Waals surface area contributed by atoms with Crippen LogP contribution in [0, 0.1) is 6.92 Å². The van der Waals surface area contributed by atoms with Crippen LogP contribution < -0.4 is 5.32 Å². The number of carbonyl (C=O) groups excluding carboxylic acids is 3. The molecule has 0 spiro atoms. The number of thiophene rings is 1. The molecule has 1 aromatic heterocycles. The van der Waals surface area contributed by atoms with E-state index < -0.39 is 0 Å². The Kier molecular flexibility index (Phi) is 6.74. The molecule has 8 heteroatoms. The summed E-state index contributed by atoms with van der Waals surface area (Å²) in [5.74, 6) is 1.26. The molecule has 1 fully saturated rings. The van der Waals surface area contributed by atoms with E-state index in [4.69, 9.17) is 0 Å². The van der Waals surface area contributed by atoms with E-state index in [1.54, 1.807) is 25.2 Å². The largest absolute Gasteiger partial charge is 0.337 e. The second-order valence-corrected chi connectivity index (χ2v) is 8.76. The van der Waals surface area contributed by atoms with E-state index in [1.807, 2.05) is 41.1 Å². The van der Waals surface area contributed by atoms with Gasteiger partial charge in [-0.05, 0) is 30.0 Å². The first-order chi connectivity index (χ1) is 13.5. The van der Waals surface area contributed by atoms with Crippen LogP contribution >= 0.6 is 23.1 Å². The maximum absolute atomic E-state index is 12.9. The van der Waals surface area contributed by atoms with Gasteiger partial charge in [0.15, 0.2) is 0 Å². The monoisotopic (exact) mass is 417 g/mol. The summed E-state index contributed by atoms with van der Waals surface area (Å²) in [5.41, 5.74) is 1.83. The molecule has 2 aromatic rings. The molecule has 3 rings (SSSR count). The third-order valence-corrected chi connectivity index (χ3v) is 6.33. The summed E-state index contributed by atoms with van der Waals surface area (Å²) >= 11 is 3.18. The molecule has 1 aromatic carbocycles. The number of benzene rings is 1. The highest BCUT2D eigenvalue weighted by atomic mass is 32.2. The van der Waals surface area contributed by atoms with Gasteiger partial charge >= 0.3 is 0 Å². The standard InChI is InChI=1S/C20H23N3O3S2/c1-14-5-3-6-15(19(25)23-8-11-27-12-9-23)18(14)21-17(24)13-22(2)20(26)16-7-4-10-28-16/h3-7,10H,8-9,11-13H2,1-2H3,(H,21,24). The number of aryl methyl sites for hydroxylation is 1. The number of carbonyl (C=O) groups is 3. The van der Waals surface area contributed by atoms with Crippen LogP contribution in [-0.4, -0.2) is 65.7 Å². The van der Waals surface area contributed by atoms with Crippen LogP contribution in [0.1, 0.15) is 25.6 Å². The minimum atomic E-state index is -0.329. The van der Waals surface area contributed by atoms with Gasteiger partial charge in [-0.15, -0.1) is 11.3 Å². The fourth-order valence-electron chi connectivity index (χ4n) is 3.00. The number of para-hydroxylation sites is 1. The van der Waals surface area contributed by atoms with Crippen LogP contribution in [0.25, 0.3) is 0 Å². The lowest BCUT2D eigenvalue weighted by Gasteiger charge is -2.27. The van der Waals surface area contributed by atoms with Crippen molar-refractivity contribution in [2.75, 3.05) is 43.5 Å². The SMILES string of the molecule is Cc1cccc(C(=O)N2CCSCC2)c1NC(=O)CN(C)C(=O)c1cccs1. The summed E-state index contributed by atoms with van der Waals surface area (Å²) in [7, 11) is 1.59. The molecule has 6 nitrogen and oxygen atoms in total. The Morgan fingerprint density at radius 3 is 2.57 bits per heavy atom. The van der Waals surface area contributed by atoms with Crippen LogP contribution in [0.3, 0.4) is 0 Å². The molecular formula is C20H23N3O3S2. The van der Waals surface area contributed by atoms with E-state index in [9.17, 15) is 14.4 Å². The van der Waals surface area contributed by atoms with Gasteiger partial charge < -0.3 is 15.1 Å². The van der Waals surface area contributed by atoms with Gasteiger partial charge in [0.2, 0.25) is 5.91 Å². The van der Waals surface area contributed by atoms with Gasteiger partial charge in [0.1, 0.15) is 0 Å². The van der Waals surface area contributed by atoms with Crippen LogP contribution in [-0.2, 0) is 4.79 Å². The van der Waals surface area contributed by atoms with Crippen molar-refractivity contribution in [2.45, 2.75) is 6.92 Å². The molecule has 0 unspecified atom stereocenters. The van der Waals surface area contributed by atoms with Gasteiger partial charge in [-0.25, -0.2) is 0 Å². The number of thioether (sulfide) groups is 1. The molecule has 0 bridgehead atoms. The highest BCUT2D eigenvalue weighted by Gasteiger charge is 2.23. The van der Waals surface area contributed by atoms with E-state index in [-0.39, 0.29) is 24.3 Å². The summed E-state index contributed by atoms with van der Waals surface area (Å²) in [5, 5.41) is 4.67. The van der Waals surface area contributed by atoms with E-state index in [1.165, 1.54) is 16.2 Å². The molecule has 3 amide bonds.